The van der Waals surface area contributed by atoms with E-state index in [0.29, 0.717) is 0 Å². The standard InChI is InChI=1S/2C7H9NO4.C5H7NO3.C4H6O3.2Al.3ClH.In.2H2O.O/c2*1-4(9)7(5(2)10)8-12-6(3)11;1-3(7)5(6-9)4(2)8;1-3(5)7-4(2)6;;;;;;;;;/h2*1-3H3;7H,1-2H3;1-2H3;;;3*1H;;2*1H2;/q;;;;;;;;;+3;;;/p-3. The van der Waals surface area contributed by atoms with E-state index in [4.69, 9.17) is 34.6 Å². The Kier molecular flexibility index (Phi) is 60.7. The van der Waals surface area contributed by atoms with E-state index < -0.39 is 76.4 Å². The third-order valence-electron chi connectivity index (χ3n) is 2.92. The van der Waals surface area contributed by atoms with Crippen molar-refractivity contribution >= 4 is 141 Å². The number of ether oxygens (including phenoxy) is 1. The second-order valence-electron chi connectivity index (χ2n) is 7.18. The zero-order valence-corrected chi connectivity index (χ0v) is 35.7. The van der Waals surface area contributed by atoms with Gasteiger partial charge >= 0.3 is 87.5 Å². The van der Waals surface area contributed by atoms with Gasteiger partial charge in [-0.3, -0.25) is 33.6 Å². The van der Waals surface area contributed by atoms with Crippen molar-refractivity contribution in [2.24, 2.45) is 15.5 Å². The second-order valence-corrected chi connectivity index (χ2v) is 21.9. The molecule has 26 heteroatoms. The van der Waals surface area contributed by atoms with E-state index in [9.17, 15) is 48.1 Å². The Morgan fingerprint density at radius 1 is 0.551 bits per heavy atom. The Morgan fingerprint density at radius 2 is 0.776 bits per heavy atom. The predicted octanol–water partition coefficient (Wildman–Crippen LogP) is 0.552. The number of halogens is 3. The average molecular weight is 901 g/mol. The number of nitrogens with zero attached hydrogens (tertiary/aromatic N) is 3. The molecule has 0 atom stereocenters. The summed E-state index contributed by atoms with van der Waals surface area (Å²) in [5.74, 6) is -5.42. The van der Waals surface area contributed by atoms with Crippen LogP contribution in [0.25, 0.3) is 0 Å². The van der Waals surface area contributed by atoms with Crippen molar-refractivity contribution in [2.75, 3.05) is 0 Å². The molecule has 0 unspecified atom stereocenters. The predicted molar refractivity (Wildman–Crippen MR) is 178 cm³/mol. The molecule has 274 valence electrons. The summed E-state index contributed by atoms with van der Waals surface area (Å²) in [6.07, 6.45) is 0. The van der Waals surface area contributed by atoms with E-state index in [0.717, 1.165) is 20.8 Å². The number of ketones is 5. The first-order valence-electron chi connectivity index (χ1n) is 11.5. The third kappa shape index (κ3) is 61.2. The number of aliphatic hydroxyl groups is 1. The quantitative estimate of drug-likeness (QED) is 0.0400. The molecule has 0 saturated heterocycles. The zero-order valence-electron chi connectivity index (χ0n) is 27.9. The molecule has 0 heterocycles. The molecule has 4 radical (unpaired) electrons. The molecule has 0 aliphatic heterocycles. The summed E-state index contributed by atoms with van der Waals surface area (Å²) in [5.41, 5.74) is -1.12. The van der Waals surface area contributed by atoms with Crippen molar-refractivity contribution in [2.45, 2.75) is 69.2 Å². The Bertz CT molecular complexity index is 1110. The van der Waals surface area contributed by atoms with E-state index in [1.807, 2.05) is 0 Å². The Balaban J connectivity index is -0.0000000586. The maximum atomic E-state index is 10.7. The van der Waals surface area contributed by atoms with Gasteiger partial charge in [0.05, 0.1) is 0 Å². The summed E-state index contributed by atoms with van der Waals surface area (Å²) in [6, 6.07) is 0. The maximum absolute atomic E-state index is 10.7. The van der Waals surface area contributed by atoms with E-state index >= 15 is 0 Å². The first kappa shape index (κ1) is 68.4. The van der Waals surface area contributed by atoms with E-state index in [-0.39, 0.29) is 45.5 Å². The van der Waals surface area contributed by atoms with Crippen LogP contribution in [0, 0.1) is 4.91 Å². The van der Waals surface area contributed by atoms with E-state index in [1.165, 1.54) is 64.7 Å². The Labute approximate surface area is 317 Å². The van der Waals surface area contributed by atoms with Crippen LogP contribution in [-0.4, -0.2) is 132 Å². The monoisotopic (exact) mass is 899 g/mol. The molecule has 0 aliphatic rings. The fourth-order valence-corrected chi connectivity index (χ4v) is 1.56. The number of carbonyl (C=O) groups is 9. The van der Waals surface area contributed by atoms with Crippen molar-refractivity contribution in [3.63, 3.8) is 0 Å². The second kappa shape index (κ2) is 43.5. The first-order chi connectivity index (χ1) is 20.8. The topological polar surface area (TPSA) is 336 Å². The van der Waals surface area contributed by atoms with Gasteiger partial charge in [-0.2, -0.15) is 0 Å². The number of carbonyl (C=O) groups excluding carboxylic acids is 9. The molecule has 0 aromatic heterocycles. The normalized spacial score (nSPS) is 8.16. The van der Waals surface area contributed by atoms with Crippen molar-refractivity contribution in [1.29, 1.82) is 0 Å². The van der Waals surface area contributed by atoms with Crippen molar-refractivity contribution < 1.29 is 77.4 Å². The minimum atomic E-state index is -2.22. The molecule has 0 aliphatic carbocycles. The van der Waals surface area contributed by atoms with Crippen LogP contribution in [0.3, 0.4) is 0 Å². The summed E-state index contributed by atoms with van der Waals surface area (Å²) < 4.78 is 12.1. The fourth-order valence-electron chi connectivity index (χ4n) is 1.56. The van der Waals surface area contributed by atoms with Gasteiger partial charge in [0.1, 0.15) is 5.76 Å². The van der Waals surface area contributed by atoms with E-state index in [1.54, 1.807) is 0 Å². The molecule has 0 spiro atoms. The molecule has 0 saturated carbocycles. The van der Waals surface area contributed by atoms with Crippen molar-refractivity contribution in [3.8, 4) is 0 Å². The Hall–Kier alpha value is -2.56. The number of rotatable bonds is 8. The van der Waals surface area contributed by atoms with Crippen LogP contribution in [0.2, 0.25) is 0 Å². The van der Waals surface area contributed by atoms with Crippen molar-refractivity contribution in [1.82, 2.24) is 0 Å². The minimum absolute atomic E-state index is 0. The molecule has 0 amide bonds. The molecule has 20 nitrogen and oxygen atoms in total. The van der Waals surface area contributed by atoms with Gasteiger partial charge < -0.3 is 30.5 Å². The molecule has 0 rings (SSSR count). The van der Waals surface area contributed by atoms with Gasteiger partial charge in [0.15, 0.2) is 46.0 Å². The van der Waals surface area contributed by atoms with Crippen LogP contribution in [0.4, 0.5) is 0 Å². The summed E-state index contributed by atoms with van der Waals surface area (Å²) in [4.78, 5) is 111. The van der Waals surface area contributed by atoms with Crippen LogP contribution < -0.4 is 0 Å². The molecule has 5 N–H and O–H groups in total. The summed E-state index contributed by atoms with van der Waals surface area (Å²) >= 11 is -1.05. The van der Waals surface area contributed by atoms with Gasteiger partial charge in [0.2, 0.25) is 0 Å². The molecular formula is C23H35Al2Cl3InN3O17. The number of nitroso groups, excluding NO2 is 1. The van der Waals surface area contributed by atoms with Crippen LogP contribution >= 0.6 is 25.7 Å². The summed E-state index contributed by atoms with van der Waals surface area (Å²) in [6.45, 7) is 11.7. The number of Topliss-reactive ketones (excluding diaryl/α,β-unsaturated/α-hetero) is 5. The number of aliphatic hydroxyl groups excluding tert-OH is 1. The number of hydrogen-bond acceptors (Lipinski definition) is 18. The van der Waals surface area contributed by atoms with Gasteiger partial charge in [-0.1, -0.05) is 10.3 Å². The molecule has 0 aromatic rings. The average Bonchev–Trinajstić information content (AvgIpc) is 2.84. The third-order valence-corrected chi connectivity index (χ3v) is 2.92. The summed E-state index contributed by atoms with van der Waals surface area (Å²) in [7, 11) is 15.0. The van der Waals surface area contributed by atoms with Gasteiger partial charge in [0, 0.05) is 79.7 Å². The van der Waals surface area contributed by atoms with Gasteiger partial charge in [-0.25, -0.2) is 9.59 Å². The number of oxime groups is 2. The van der Waals surface area contributed by atoms with E-state index in [2.05, 4.69) is 29.9 Å². The van der Waals surface area contributed by atoms with Crippen LogP contribution in [0.1, 0.15) is 69.2 Å². The van der Waals surface area contributed by atoms with Gasteiger partial charge in [0.25, 0.3) is 0 Å². The first-order valence-corrected chi connectivity index (χ1v) is 24.5. The molecule has 0 fully saturated rings. The molecule has 0 aromatic carbocycles. The van der Waals surface area contributed by atoms with Crippen LogP contribution in [0.5, 0.6) is 0 Å². The number of hydrogen-bond donors (Lipinski definition) is 1. The molecule has 0 bridgehead atoms. The zero-order chi connectivity index (χ0) is 38.3. The fraction of sp³-hybridized carbons (Fsp3) is 0.435. The van der Waals surface area contributed by atoms with Gasteiger partial charge in [-0.15, -0.1) is 4.91 Å². The number of esters is 2. The SMILES string of the molecule is CC(=O)C(N=O)=C(C)O.CC(=O)OC(C)=O.CC(=O)ON=C(C(C)=O)C(C)=O.CC(=O)ON=C(C(C)=O)C(C)=O.O.O.[Al].[Cl][In]([Cl])[Cl].[O]=[Al]. The molecule has 49 heavy (non-hydrogen) atoms. The Morgan fingerprint density at radius 3 is 0.837 bits per heavy atom. The summed E-state index contributed by atoms with van der Waals surface area (Å²) in [5, 5.41) is 17.0. The van der Waals surface area contributed by atoms with Gasteiger partial charge in [-0.05, 0) is 12.1 Å². The van der Waals surface area contributed by atoms with Crippen LogP contribution in [0.15, 0.2) is 26.9 Å². The van der Waals surface area contributed by atoms with Crippen LogP contribution in [-0.2, 0) is 61.4 Å². The van der Waals surface area contributed by atoms with Crippen molar-refractivity contribution in [3.05, 3.63) is 16.4 Å². The molecular weight excluding hydrogens is 865 g/mol. The number of allylic oxidation sites excluding steroid dienone is 2.